The second-order valence-corrected chi connectivity index (χ2v) is 6.89. The fourth-order valence-corrected chi connectivity index (χ4v) is 3.79. The highest BCUT2D eigenvalue weighted by molar-refractivity contribution is 5.90. The highest BCUT2D eigenvalue weighted by Crippen LogP contribution is 2.57. The monoisotopic (exact) mass is 337 g/mol. The quantitative estimate of drug-likeness (QED) is 0.914. The summed E-state index contributed by atoms with van der Waals surface area (Å²) in [6.45, 7) is 2.19. The zero-order valence-electron chi connectivity index (χ0n) is 13.9. The zero-order valence-corrected chi connectivity index (χ0v) is 13.9. The number of carbonyl (C=O) groups is 2. The molecule has 1 saturated carbocycles. The molecule has 3 aliphatic rings. The molecular formula is C19H19N3O3. The molecule has 1 saturated heterocycles. The van der Waals surface area contributed by atoms with Crippen LogP contribution in [-0.2, 0) is 9.53 Å². The molecule has 0 bridgehead atoms. The molecule has 0 spiro atoms. The van der Waals surface area contributed by atoms with Crippen LogP contribution < -0.4 is 10.2 Å². The molecule has 6 heteroatoms. The Morgan fingerprint density at radius 3 is 2.76 bits per heavy atom. The first-order valence-electron chi connectivity index (χ1n) is 8.50. The number of fused-ring (bicyclic) bond motifs is 1. The van der Waals surface area contributed by atoms with Gasteiger partial charge in [-0.05, 0) is 41.5 Å². The number of allylic oxidation sites excluding steroid dienone is 2. The van der Waals surface area contributed by atoms with Gasteiger partial charge in [-0.2, -0.15) is 5.26 Å². The number of carbonyl (C=O) groups excluding carboxylic acids is 2. The predicted octanol–water partition coefficient (Wildman–Crippen LogP) is 2.32. The lowest BCUT2D eigenvalue weighted by Crippen LogP contribution is -2.33. The van der Waals surface area contributed by atoms with E-state index in [0.717, 1.165) is 17.7 Å². The van der Waals surface area contributed by atoms with Crippen LogP contribution in [0.5, 0.6) is 0 Å². The lowest BCUT2D eigenvalue weighted by molar-refractivity contribution is -0.119. The van der Waals surface area contributed by atoms with E-state index in [0.29, 0.717) is 24.9 Å². The standard InChI is InChI=1S/C19H19N3O3/c1-11(23)21-9-15-10-22(19(24)25-15)14-4-2-12(3-5-14)13-6-16-17(7-13)18(16)8-20/h2-6,15-18H,7,9-10H2,1H3,(H,21,23)/t15-,16+,17-,18-/m0/s1. The van der Waals surface area contributed by atoms with Crippen molar-refractivity contribution in [2.45, 2.75) is 19.4 Å². The normalized spacial score (nSPS) is 29.5. The average Bonchev–Trinajstić information content (AvgIpc) is 2.94. The van der Waals surface area contributed by atoms with Crippen molar-refractivity contribution in [2.75, 3.05) is 18.0 Å². The van der Waals surface area contributed by atoms with Crippen LogP contribution in [0.25, 0.3) is 5.57 Å². The summed E-state index contributed by atoms with van der Waals surface area (Å²) >= 11 is 0. The van der Waals surface area contributed by atoms with Crippen molar-refractivity contribution in [3.05, 3.63) is 35.9 Å². The molecule has 25 heavy (non-hydrogen) atoms. The third kappa shape index (κ3) is 2.86. The fourth-order valence-electron chi connectivity index (χ4n) is 3.79. The molecule has 1 N–H and O–H groups in total. The van der Waals surface area contributed by atoms with E-state index >= 15 is 0 Å². The number of nitrogens with one attached hydrogen (secondary N) is 1. The Labute approximate surface area is 146 Å². The van der Waals surface area contributed by atoms with Gasteiger partial charge in [-0.25, -0.2) is 4.79 Å². The van der Waals surface area contributed by atoms with Gasteiger partial charge in [0.25, 0.3) is 0 Å². The van der Waals surface area contributed by atoms with Crippen LogP contribution in [0, 0.1) is 29.1 Å². The van der Waals surface area contributed by atoms with Gasteiger partial charge in [0.1, 0.15) is 6.10 Å². The van der Waals surface area contributed by atoms with E-state index in [2.05, 4.69) is 17.5 Å². The molecular weight excluding hydrogens is 318 g/mol. The van der Waals surface area contributed by atoms with Gasteiger partial charge in [-0.15, -0.1) is 0 Å². The Morgan fingerprint density at radius 1 is 1.40 bits per heavy atom. The van der Waals surface area contributed by atoms with Gasteiger partial charge in [-0.1, -0.05) is 18.2 Å². The number of hydrogen-bond donors (Lipinski definition) is 1. The maximum Gasteiger partial charge on any atom is 0.414 e. The maximum atomic E-state index is 12.0. The van der Waals surface area contributed by atoms with Crippen LogP contribution in [0.1, 0.15) is 18.9 Å². The highest BCUT2D eigenvalue weighted by atomic mass is 16.6. The number of ether oxygens (including phenoxy) is 1. The second-order valence-electron chi connectivity index (χ2n) is 6.89. The van der Waals surface area contributed by atoms with E-state index < -0.39 is 0 Å². The molecule has 0 aromatic heterocycles. The van der Waals surface area contributed by atoms with Crippen molar-refractivity contribution in [2.24, 2.45) is 17.8 Å². The summed E-state index contributed by atoms with van der Waals surface area (Å²) in [6, 6.07) is 10.2. The summed E-state index contributed by atoms with van der Waals surface area (Å²) in [5.41, 5.74) is 3.23. The van der Waals surface area contributed by atoms with E-state index in [9.17, 15) is 9.59 Å². The molecule has 6 nitrogen and oxygen atoms in total. The van der Waals surface area contributed by atoms with Crippen molar-refractivity contribution in [1.82, 2.24) is 5.32 Å². The van der Waals surface area contributed by atoms with Crippen LogP contribution in [0.2, 0.25) is 0 Å². The van der Waals surface area contributed by atoms with Crippen molar-refractivity contribution >= 4 is 23.3 Å². The van der Waals surface area contributed by atoms with E-state index in [1.54, 1.807) is 4.90 Å². The molecule has 0 radical (unpaired) electrons. The number of nitriles is 1. The highest BCUT2D eigenvalue weighted by Gasteiger charge is 2.52. The molecule has 2 amide bonds. The fraction of sp³-hybridized carbons (Fsp3) is 0.421. The van der Waals surface area contributed by atoms with E-state index in [4.69, 9.17) is 10.00 Å². The molecule has 1 heterocycles. The van der Waals surface area contributed by atoms with E-state index in [1.807, 2.05) is 24.3 Å². The molecule has 4 atom stereocenters. The Balaban J connectivity index is 1.41. The molecule has 4 rings (SSSR count). The summed E-state index contributed by atoms with van der Waals surface area (Å²) in [5, 5.41) is 11.7. The molecule has 1 aromatic carbocycles. The number of anilines is 1. The van der Waals surface area contributed by atoms with Crippen LogP contribution in [0.3, 0.4) is 0 Å². The number of benzene rings is 1. The number of cyclic esters (lactones) is 1. The SMILES string of the molecule is CC(=O)NC[C@H]1CN(c2ccc(C3=C[C@H]4[C@H](C#N)[C@H]4C3)cc2)C(=O)O1. The number of nitrogens with zero attached hydrogens (tertiary/aromatic N) is 2. The maximum absolute atomic E-state index is 12.0. The Hall–Kier alpha value is -2.81. The van der Waals surface area contributed by atoms with Gasteiger partial charge >= 0.3 is 6.09 Å². The molecule has 128 valence electrons. The van der Waals surface area contributed by atoms with Gasteiger partial charge in [0.2, 0.25) is 5.91 Å². The van der Waals surface area contributed by atoms with Crippen LogP contribution in [0.4, 0.5) is 10.5 Å². The molecule has 1 aliphatic heterocycles. The third-order valence-electron chi connectivity index (χ3n) is 5.23. The molecule has 2 aliphatic carbocycles. The minimum atomic E-state index is -0.388. The lowest BCUT2D eigenvalue weighted by Gasteiger charge is -2.14. The minimum absolute atomic E-state index is 0.139. The predicted molar refractivity (Wildman–Crippen MR) is 91.4 cm³/mol. The van der Waals surface area contributed by atoms with Crippen molar-refractivity contribution in [1.29, 1.82) is 5.26 Å². The number of rotatable bonds is 4. The topological polar surface area (TPSA) is 82.4 Å². The lowest BCUT2D eigenvalue weighted by atomic mass is 10.0. The summed E-state index contributed by atoms with van der Waals surface area (Å²) in [5.74, 6) is 1.01. The van der Waals surface area contributed by atoms with Gasteiger partial charge in [0, 0.05) is 12.6 Å². The first-order valence-corrected chi connectivity index (χ1v) is 8.50. The molecule has 0 unspecified atom stereocenters. The summed E-state index contributed by atoms with van der Waals surface area (Å²) < 4.78 is 5.28. The first kappa shape index (κ1) is 15.7. The van der Waals surface area contributed by atoms with Gasteiger partial charge < -0.3 is 10.1 Å². The minimum Gasteiger partial charge on any atom is -0.442 e. The third-order valence-corrected chi connectivity index (χ3v) is 5.23. The summed E-state index contributed by atoms with van der Waals surface area (Å²) in [6.07, 6.45) is 2.47. The Kier molecular flexibility index (Phi) is 3.72. The summed E-state index contributed by atoms with van der Waals surface area (Å²) in [4.78, 5) is 24.6. The van der Waals surface area contributed by atoms with Crippen LogP contribution >= 0.6 is 0 Å². The summed E-state index contributed by atoms with van der Waals surface area (Å²) in [7, 11) is 0. The van der Waals surface area contributed by atoms with Crippen LogP contribution in [-0.4, -0.2) is 31.2 Å². The smallest absolute Gasteiger partial charge is 0.414 e. The Morgan fingerprint density at radius 2 is 2.16 bits per heavy atom. The van der Waals surface area contributed by atoms with E-state index in [-0.39, 0.29) is 24.0 Å². The van der Waals surface area contributed by atoms with Crippen molar-refractivity contribution in [3.63, 3.8) is 0 Å². The van der Waals surface area contributed by atoms with Gasteiger partial charge in [0.05, 0.1) is 25.1 Å². The van der Waals surface area contributed by atoms with Gasteiger partial charge in [0.15, 0.2) is 0 Å². The van der Waals surface area contributed by atoms with Crippen LogP contribution in [0.15, 0.2) is 30.3 Å². The first-order chi connectivity index (χ1) is 12.1. The largest absolute Gasteiger partial charge is 0.442 e. The van der Waals surface area contributed by atoms with Gasteiger partial charge in [-0.3, -0.25) is 9.69 Å². The number of amides is 2. The van der Waals surface area contributed by atoms with E-state index in [1.165, 1.54) is 12.5 Å². The van der Waals surface area contributed by atoms with Crippen molar-refractivity contribution < 1.29 is 14.3 Å². The van der Waals surface area contributed by atoms with Crippen molar-refractivity contribution in [3.8, 4) is 6.07 Å². The average molecular weight is 337 g/mol. The number of hydrogen-bond acceptors (Lipinski definition) is 4. The Bertz CT molecular complexity index is 793. The second kappa shape index (κ2) is 5.92. The molecule has 2 fully saturated rings. The zero-order chi connectivity index (χ0) is 17.6. The molecule has 1 aromatic rings.